The van der Waals surface area contributed by atoms with E-state index in [4.69, 9.17) is 9.47 Å². The van der Waals surface area contributed by atoms with Crippen LogP contribution in [0, 0.1) is 35.5 Å². The van der Waals surface area contributed by atoms with Gasteiger partial charge in [0.05, 0.1) is 0 Å². The van der Waals surface area contributed by atoms with Gasteiger partial charge in [0.1, 0.15) is 12.2 Å². The van der Waals surface area contributed by atoms with Gasteiger partial charge in [-0.15, -0.1) is 0 Å². The Kier molecular flexibility index (Phi) is 37.1. The summed E-state index contributed by atoms with van der Waals surface area (Å²) in [7, 11) is 3.77. The van der Waals surface area contributed by atoms with E-state index in [1.165, 1.54) is 191 Å². The maximum atomic E-state index is 11.6. The van der Waals surface area contributed by atoms with Crippen LogP contribution in [0.25, 0.3) is 0 Å². The highest BCUT2D eigenvalue weighted by Gasteiger charge is 2.37. The molecule has 10 aliphatic rings. The number of likely N-dealkylation sites (N-methyl/N-ethyl adjacent to an activating group) is 2. The highest BCUT2D eigenvalue weighted by Crippen LogP contribution is 2.45. The SMILES string of the molecule is C=C(C)C(=O)N(C)C1CCCCC1.C=C(C)C(=O)NC1CCCCC1.C=C(C)C(=O)OC1CCC2CCCC2C1.C=CC(=O)N(C)C1CCCCC1.C=CC(=O)NC1CCC2CCCC2C1.C=CC(=O)NC1CCCCC1.C=CC(=O)OC1CCC2CCCC2C1. The summed E-state index contributed by atoms with van der Waals surface area (Å²) in [4.78, 5) is 82.1. The van der Waals surface area contributed by atoms with Crippen LogP contribution >= 0.6 is 0 Å². The summed E-state index contributed by atoms with van der Waals surface area (Å²) in [5.41, 5.74) is 1.78. The topological polar surface area (TPSA) is 181 Å². The molecule has 9 unspecified atom stereocenters. The number of nitrogens with one attached hydrogen (secondary N) is 3. The van der Waals surface area contributed by atoms with E-state index in [2.05, 4.69) is 62.0 Å². The molecule has 10 rings (SSSR count). The van der Waals surface area contributed by atoms with E-state index in [0.717, 1.165) is 113 Å². The fraction of sp³-hybridized carbons (Fsp3) is 0.727. The van der Waals surface area contributed by atoms with E-state index in [0.29, 0.717) is 46.9 Å². The zero-order valence-electron chi connectivity index (χ0n) is 57.7. The average Bonchev–Trinajstić information content (AvgIpc) is 4.00. The molecule has 14 nitrogen and oxygen atoms in total. The summed E-state index contributed by atoms with van der Waals surface area (Å²) in [5, 5.41) is 8.92. The molecular weight excluding hydrogens is 1140 g/mol. The van der Waals surface area contributed by atoms with E-state index < -0.39 is 0 Å². The van der Waals surface area contributed by atoms with Crippen molar-refractivity contribution in [2.75, 3.05) is 14.1 Å². The lowest BCUT2D eigenvalue weighted by molar-refractivity contribution is -0.147. The second-order valence-corrected chi connectivity index (χ2v) is 28.3. The largest absolute Gasteiger partial charge is 0.459 e. The van der Waals surface area contributed by atoms with Crippen molar-refractivity contribution in [1.29, 1.82) is 0 Å². The zero-order valence-corrected chi connectivity index (χ0v) is 57.7. The van der Waals surface area contributed by atoms with E-state index >= 15 is 0 Å². The summed E-state index contributed by atoms with van der Waals surface area (Å²) in [5.74, 6) is 5.01. The van der Waals surface area contributed by atoms with Gasteiger partial charge in [0, 0.05) is 67.1 Å². The van der Waals surface area contributed by atoms with Gasteiger partial charge in [0.25, 0.3) is 0 Å². The number of hydrogen-bond acceptors (Lipinski definition) is 9. The van der Waals surface area contributed by atoms with Gasteiger partial charge in [-0.25, -0.2) is 9.59 Å². The van der Waals surface area contributed by atoms with Gasteiger partial charge in [-0.3, -0.25) is 24.0 Å². The van der Waals surface area contributed by atoms with Crippen molar-refractivity contribution in [1.82, 2.24) is 25.8 Å². The Morgan fingerprint density at radius 2 is 0.747 bits per heavy atom. The van der Waals surface area contributed by atoms with Crippen LogP contribution in [0.3, 0.4) is 0 Å². The molecule has 0 radical (unpaired) electrons. The molecule has 0 spiro atoms. The molecule has 0 aliphatic heterocycles. The molecule has 0 bridgehead atoms. The highest BCUT2D eigenvalue weighted by atomic mass is 16.5. The summed E-state index contributed by atoms with van der Waals surface area (Å²) in [6.45, 7) is 29.9. The second-order valence-electron chi connectivity index (χ2n) is 28.3. The first-order valence-corrected chi connectivity index (χ1v) is 36.0. The van der Waals surface area contributed by atoms with Crippen LogP contribution in [0.15, 0.2) is 87.1 Å². The van der Waals surface area contributed by atoms with Gasteiger partial charge in [-0.2, -0.15) is 0 Å². The van der Waals surface area contributed by atoms with Crippen LogP contribution in [0.1, 0.15) is 265 Å². The van der Waals surface area contributed by atoms with Crippen molar-refractivity contribution in [3.63, 3.8) is 0 Å². The summed E-state index contributed by atoms with van der Waals surface area (Å²) in [6.07, 6.45) is 53.1. The summed E-state index contributed by atoms with van der Waals surface area (Å²) in [6, 6.07) is 2.15. The van der Waals surface area contributed by atoms with Crippen LogP contribution in [-0.2, 0) is 43.0 Å². The number of carbonyl (C=O) groups excluding carboxylic acids is 7. The molecule has 14 heteroatoms. The third-order valence-corrected chi connectivity index (χ3v) is 21.3. The molecule has 512 valence electrons. The molecular formula is C77H125N5O9. The maximum Gasteiger partial charge on any atom is 0.333 e. The monoisotopic (exact) mass is 1260 g/mol. The van der Waals surface area contributed by atoms with E-state index in [1.54, 1.807) is 20.8 Å². The lowest BCUT2D eigenvalue weighted by Gasteiger charge is -2.32. The van der Waals surface area contributed by atoms with Crippen molar-refractivity contribution in [3.8, 4) is 0 Å². The number of hydrogen-bond donors (Lipinski definition) is 3. The van der Waals surface area contributed by atoms with Crippen molar-refractivity contribution in [3.05, 3.63) is 87.1 Å². The van der Waals surface area contributed by atoms with Crippen molar-refractivity contribution in [2.24, 2.45) is 35.5 Å². The molecule has 5 amide bonds. The minimum atomic E-state index is -0.258. The first-order valence-electron chi connectivity index (χ1n) is 36.0. The number of carbonyl (C=O) groups is 7. The Labute approximate surface area is 551 Å². The first-order chi connectivity index (χ1) is 43.7. The Morgan fingerprint density at radius 3 is 1.15 bits per heavy atom. The van der Waals surface area contributed by atoms with Crippen LogP contribution in [0.2, 0.25) is 0 Å². The van der Waals surface area contributed by atoms with Crippen LogP contribution < -0.4 is 16.0 Å². The van der Waals surface area contributed by atoms with E-state index in [9.17, 15) is 33.6 Å². The molecule has 0 saturated heterocycles. The molecule has 0 aromatic rings. The van der Waals surface area contributed by atoms with Gasteiger partial charge in [0.15, 0.2) is 0 Å². The van der Waals surface area contributed by atoms with Crippen molar-refractivity contribution < 1.29 is 43.0 Å². The number of esters is 2. The number of amides is 5. The minimum Gasteiger partial charge on any atom is -0.459 e. The maximum absolute atomic E-state index is 11.6. The third kappa shape index (κ3) is 29.5. The molecule has 0 heterocycles. The molecule has 10 aliphatic carbocycles. The van der Waals surface area contributed by atoms with Crippen molar-refractivity contribution in [2.45, 2.75) is 307 Å². The van der Waals surface area contributed by atoms with Gasteiger partial charge in [0.2, 0.25) is 29.5 Å². The number of fused-ring (bicyclic) bond motifs is 3. The minimum absolute atomic E-state index is 0.00792. The molecule has 3 N–H and O–H groups in total. The van der Waals surface area contributed by atoms with Crippen LogP contribution in [0.5, 0.6) is 0 Å². The first kappa shape index (κ1) is 77.9. The fourth-order valence-corrected chi connectivity index (χ4v) is 15.9. The quantitative estimate of drug-likeness (QED) is 0.113. The second kappa shape index (κ2) is 43.4. The fourth-order valence-electron chi connectivity index (χ4n) is 15.9. The number of nitrogens with zero attached hydrogens (tertiary/aromatic N) is 2. The van der Waals surface area contributed by atoms with Crippen LogP contribution in [-0.4, -0.2) is 108 Å². The van der Waals surface area contributed by atoms with E-state index in [1.807, 2.05) is 23.9 Å². The summed E-state index contributed by atoms with van der Waals surface area (Å²) >= 11 is 0. The average molecular weight is 1260 g/mol. The molecule has 10 saturated carbocycles. The van der Waals surface area contributed by atoms with Gasteiger partial charge in [-0.05, 0) is 184 Å². The van der Waals surface area contributed by atoms with Crippen LogP contribution in [0.4, 0.5) is 0 Å². The molecule has 0 aromatic heterocycles. The molecule has 91 heavy (non-hydrogen) atoms. The molecule has 0 aromatic carbocycles. The van der Waals surface area contributed by atoms with Gasteiger partial charge in [-0.1, -0.05) is 181 Å². The smallest absolute Gasteiger partial charge is 0.333 e. The van der Waals surface area contributed by atoms with E-state index in [-0.39, 0.29) is 53.7 Å². The Hall–Kier alpha value is -5.53. The normalized spacial score (nSPS) is 26.7. The highest BCUT2D eigenvalue weighted by molar-refractivity contribution is 5.93. The Balaban J connectivity index is 0.000000227. The zero-order chi connectivity index (χ0) is 66.7. The third-order valence-electron chi connectivity index (χ3n) is 21.3. The summed E-state index contributed by atoms with van der Waals surface area (Å²) < 4.78 is 10.7. The van der Waals surface area contributed by atoms with Gasteiger partial charge >= 0.3 is 11.9 Å². The lowest BCUT2D eigenvalue weighted by Crippen LogP contribution is -2.38. The Bertz CT molecular complexity index is 2290. The van der Waals surface area contributed by atoms with Crippen molar-refractivity contribution >= 4 is 41.5 Å². The molecule has 9 atom stereocenters. The predicted molar refractivity (Wildman–Crippen MR) is 370 cm³/mol. The van der Waals surface area contributed by atoms with Gasteiger partial charge < -0.3 is 35.2 Å². The Morgan fingerprint density at radius 1 is 0.363 bits per heavy atom. The standard InChI is InChI=1S/C13H20O2.C12H19NO.C12H18O2.C11H19NO.2C10H17NO.C9H15NO/c1-9(2)13(14)15-12-7-6-10-4-3-5-11(10)8-12;1-2-12(14)13-11-7-6-9-4-3-5-10(9)8-11;1-2-12(13)14-11-7-6-9-4-3-5-10(9)8-11;1-9(2)11(13)12(3)10-7-5-4-6-8-10;1-8(2)10(12)11-9-6-4-3-5-7-9;1-3-10(12)11(2)9-7-5-4-6-8-9;1-2-9(11)10-8-6-4-3-5-7-8/h10-12H,1,3-8H2,2H3;2,9-11H,1,3-8H2,(H,13,14);2,9-11H,1,3-8H2;10H,1,4-8H2,2-3H3;9H,1,3-7H2,2H3,(H,11,12);3,9H,1,4-8H2,2H3;2,8H,1,3-7H2,(H,10,11). The number of ether oxygens (including phenoxy) is 2. The molecule has 10 fully saturated rings. The lowest BCUT2D eigenvalue weighted by atomic mass is 9.79. The predicted octanol–water partition coefficient (Wildman–Crippen LogP) is 16.0. The number of rotatable bonds is 14.